The fourth-order valence-electron chi connectivity index (χ4n) is 1.34. The fraction of sp³-hybridized carbons (Fsp3) is 0.467. The molecule has 0 unspecified atom stereocenters. The van der Waals surface area contributed by atoms with Gasteiger partial charge in [-0.2, -0.15) is 0 Å². The van der Waals surface area contributed by atoms with Gasteiger partial charge in [-0.15, -0.1) is 0 Å². The Bertz CT molecular complexity index is 413. The average Bonchev–Trinajstić information content (AvgIpc) is 2.15. The lowest BCUT2D eigenvalue weighted by atomic mass is 10.1. The van der Waals surface area contributed by atoms with E-state index in [1.807, 2.05) is 6.07 Å². The summed E-state index contributed by atoms with van der Waals surface area (Å²) in [5, 5.41) is 0.208. The molecule has 1 aromatic carbocycles. The minimum Gasteiger partial charge on any atom is -0.543 e. The predicted molar refractivity (Wildman–Crippen MR) is 78.5 cm³/mol. The summed E-state index contributed by atoms with van der Waals surface area (Å²) >= 11 is 0. The second-order valence-electron chi connectivity index (χ2n) is 6.16. The second kappa shape index (κ2) is 4.69. The van der Waals surface area contributed by atoms with Gasteiger partial charge >= 0.3 is 0 Å². The van der Waals surface area contributed by atoms with Crippen LogP contribution in [0.3, 0.4) is 0 Å². The van der Waals surface area contributed by atoms with E-state index in [1.54, 1.807) is 0 Å². The molecule has 0 atom stereocenters. The highest BCUT2D eigenvalue weighted by Crippen LogP contribution is 2.39. The topological polar surface area (TPSA) is 9.23 Å². The Morgan fingerprint density at radius 3 is 2.29 bits per heavy atom. The Hall–Kier alpha value is -1.02. The molecule has 0 aliphatic rings. The van der Waals surface area contributed by atoms with Gasteiger partial charge in [0.1, 0.15) is 5.76 Å². The van der Waals surface area contributed by atoms with E-state index in [1.165, 1.54) is 5.56 Å². The zero-order valence-corrected chi connectivity index (χ0v) is 12.9. The van der Waals surface area contributed by atoms with E-state index in [-0.39, 0.29) is 5.04 Å². The molecule has 17 heavy (non-hydrogen) atoms. The Kier molecular flexibility index (Phi) is 3.87. The summed E-state index contributed by atoms with van der Waals surface area (Å²) in [5.74, 6) is 0.806. The van der Waals surface area contributed by atoms with E-state index in [0.717, 1.165) is 11.3 Å². The summed E-state index contributed by atoms with van der Waals surface area (Å²) in [7, 11) is -1.77. The first-order valence-corrected chi connectivity index (χ1v) is 8.99. The van der Waals surface area contributed by atoms with Crippen LogP contribution in [-0.4, -0.2) is 8.32 Å². The highest BCUT2D eigenvalue weighted by molar-refractivity contribution is 6.74. The molecule has 0 aromatic heterocycles. The molecule has 0 heterocycles. The van der Waals surface area contributed by atoms with Crippen LogP contribution in [0.5, 0.6) is 0 Å². The molecule has 0 fully saturated rings. The maximum Gasteiger partial charge on any atom is 0.250 e. The van der Waals surface area contributed by atoms with Gasteiger partial charge in [0.05, 0.1) is 0 Å². The van der Waals surface area contributed by atoms with E-state index >= 15 is 0 Å². The van der Waals surface area contributed by atoms with Crippen LogP contribution in [-0.2, 0) is 4.43 Å². The van der Waals surface area contributed by atoms with Crippen LogP contribution in [0.2, 0.25) is 18.1 Å². The summed E-state index contributed by atoms with van der Waals surface area (Å²) < 4.78 is 6.19. The molecule has 0 bridgehead atoms. The van der Waals surface area contributed by atoms with Gasteiger partial charge in [0, 0.05) is 5.56 Å². The van der Waals surface area contributed by atoms with Gasteiger partial charge in [-0.1, -0.05) is 51.1 Å². The third-order valence-electron chi connectivity index (χ3n) is 3.52. The maximum absolute atomic E-state index is 6.19. The largest absolute Gasteiger partial charge is 0.543 e. The van der Waals surface area contributed by atoms with Crippen LogP contribution in [0.1, 0.15) is 31.9 Å². The quantitative estimate of drug-likeness (QED) is 0.541. The van der Waals surface area contributed by atoms with Crippen molar-refractivity contribution in [1.82, 2.24) is 0 Å². The van der Waals surface area contributed by atoms with Crippen molar-refractivity contribution in [2.75, 3.05) is 0 Å². The fourth-order valence-corrected chi connectivity index (χ4v) is 2.38. The van der Waals surface area contributed by atoms with Crippen molar-refractivity contribution in [3.8, 4) is 0 Å². The van der Waals surface area contributed by atoms with Crippen molar-refractivity contribution in [2.24, 2.45) is 0 Å². The number of rotatable bonds is 3. The van der Waals surface area contributed by atoms with Crippen molar-refractivity contribution >= 4 is 14.1 Å². The molecule has 0 radical (unpaired) electrons. The van der Waals surface area contributed by atoms with E-state index < -0.39 is 8.32 Å². The highest BCUT2D eigenvalue weighted by Gasteiger charge is 2.39. The molecule has 94 valence electrons. The van der Waals surface area contributed by atoms with Gasteiger partial charge < -0.3 is 4.43 Å². The predicted octanol–water partition coefficient (Wildman–Crippen LogP) is 4.99. The third kappa shape index (κ3) is 3.47. The van der Waals surface area contributed by atoms with Crippen LogP contribution in [0.15, 0.2) is 30.8 Å². The second-order valence-corrected chi connectivity index (χ2v) is 10.9. The van der Waals surface area contributed by atoms with Gasteiger partial charge in [-0.25, -0.2) is 0 Å². The molecule has 0 saturated heterocycles. The Labute approximate surface area is 107 Å². The zero-order chi connectivity index (χ0) is 13.3. The van der Waals surface area contributed by atoms with Gasteiger partial charge in [-0.05, 0) is 31.1 Å². The molecular formula is C15H24OSi. The minimum atomic E-state index is -1.77. The van der Waals surface area contributed by atoms with Crippen molar-refractivity contribution in [3.05, 3.63) is 42.0 Å². The lowest BCUT2D eigenvalue weighted by Gasteiger charge is -2.37. The first kappa shape index (κ1) is 14.0. The standard InChI is InChI=1S/C15H24OSi/c1-12-9-8-10-14(11-12)13(2)16-17(6,7)15(3,4)5/h8-11H,2H2,1,3-7H3. The molecule has 1 nitrogen and oxygen atoms in total. The molecular weight excluding hydrogens is 224 g/mol. The van der Waals surface area contributed by atoms with Crippen LogP contribution in [0, 0.1) is 6.92 Å². The monoisotopic (exact) mass is 248 g/mol. The van der Waals surface area contributed by atoms with Crippen molar-refractivity contribution in [1.29, 1.82) is 0 Å². The van der Waals surface area contributed by atoms with Crippen LogP contribution >= 0.6 is 0 Å². The van der Waals surface area contributed by atoms with Crippen LogP contribution < -0.4 is 0 Å². The normalized spacial score (nSPS) is 12.4. The van der Waals surface area contributed by atoms with Crippen molar-refractivity contribution in [2.45, 2.75) is 45.8 Å². The Morgan fingerprint density at radius 1 is 1.24 bits per heavy atom. The van der Waals surface area contributed by atoms with Crippen LogP contribution in [0.4, 0.5) is 0 Å². The summed E-state index contributed by atoms with van der Waals surface area (Å²) in [4.78, 5) is 0. The average molecular weight is 248 g/mol. The Balaban J connectivity index is 2.87. The SMILES string of the molecule is C=C(O[Si](C)(C)C(C)(C)C)c1cccc(C)c1. The van der Waals surface area contributed by atoms with Crippen LogP contribution in [0.25, 0.3) is 5.76 Å². The first-order valence-electron chi connectivity index (χ1n) is 6.08. The number of benzene rings is 1. The molecule has 1 rings (SSSR count). The number of hydrogen-bond donors (Lipinski definition) is 0. The summed E-state index contributed by atoms with van der Waals surface area (Å²) in [6.45, 7) is 17.4. The summed E-state index contributed by atoms with van der Waals surface area (Å²) in [5.41, 5.74) is 2.33. The van der Waals surface area contributed by atoms with Crippen molar-refractivity contribution in [3.63, 3.8) is 0 Å². The molecule has 0 N–H and O–H groups in total. The molecule has 0 amide bonds. The molecule has 0 aliphatic carbocycles. The van der Waals surface area contributed by atoms with Crippen molar-refractivity contribution < 1.29 is 4.43 Å². The molecule has 1 aromatic rings. The minimum absolute atomic E-state index is 0.208. The number of aryl methyl sites for hydroxylation is 1. The Morgan fingerprint density at radius 2 is 1.82 bits per heavy atom. The van der Waals surface area contributed by atoms with E-state index in [0.29, 0.717) is 0 Å². The maximum atomic E-state index is 6.19. The third-order valence-corrected chi connectivity index (χ3v) is 7.89. The molecule has 0 spiro atoms. The number of hydrogen-bond acceptors (Lipinski definition) is 1. The van der Waals surface area contributed by atoms with Gasteiger partial charge in [-0.3, -0.25) is 0 Å². The smallest absolute Gasteiger partial charge is 0.250 e. The van der Waals surface area contributed by atoms with E-state index in [9.17, 15) is 0 Å². The molecule has 0 aliphatic heterocycles. The zero-order valence-electron chi connectivity index (χ0n) is 11.9. The lowest BCUT2D eigenvalue weighted by Crippen LogP contribution is -2.40. The first-order chi connectivity index (χ1) is 7.63. The van der Waals surface area contributed by atoms with Gasteiger partial charge in [0.2, 0.25) is 8.32 Å². The molecule has 0 saturated carbocycles. The van der Waals surface area contributed by atoms with Gasteiger partial charge in [0.25, 0.3) is 0 Å². The van der Waals surface area contributed by atoms with E-state index in [4.69, 9.17) is 4.43 Å². The molecule has 2 heteroatoms. The van der Waals surface area contributed by atoms with E-state index in [2.05, 4.69) is 65.6 Å². The summed E-state index contributed by atoms with van der Waals surface area (Å²) in [6, 6.07) is 8.31. The lowest BCUT2D eigenvalue weighted by molar-refractivity contribution is 0.459. The summed E-state index contributed by atoms with van der Waals surface area (Å²) in [6.07, 6.45) is 0. The van der Waals surface area contributed by atoms with Gasteiger partial charge in [0.15, 0.2) is 0 Å². The highest BCUT2D eigenvalue weighted by atomic mass is 28.4.